The van der Waals surface area contributed by atoms with Crippen molar-refractivity contribution < 1.29 is 37.2 Å². The zero-order valence-electron chi connectivity index (χ0n) is 19.1. The van der Waals surface area contributed by atoms with Crippen LogP contribution in [-0.2, 0) is 11.0 Å². The molecule has 7 nitrogen and oxygen atoms in total. The predicted octanol–water partition coefficient (Wildman–Crippen LogP) is 6.42. The van der Waals surface area contributed by atoms with E-state index in [9.17, 15) is 23.1 Å². The van der Waals surface area contributed by atoms with Gasteiger partial charge in [0.25, 0.3) is 0 Å². The molecule has 0 saturated heterocycles. The lowest BCUT2D eigenvalue weighted by Crippen LogP contribution is -2.14. The Morgan fingerprint density at radius 1 is 1.08 bits per heavy atom. The number of aromatic carboxylic acids is 1. The maximum Gasteiger partial charge on any atom is 0.416 e. The number of alkyl halides is 3. The third-order valence-corrected chi connectivity index (χ3v) is 5.21. The number of oxime groups is 1. The Balaban J connectivity index is 1.58. The zero-order chi connectivity index (χ0) is 25.7. The minimum atomic E-state index is -4.44. The topological polar surface area (TPSA) is 94.2 Å². The summed E-state index contributed by atoms with van der Waals surface area (Å²) in [6.45, 7) is 2.11. The Hall–Kier alpha value is -4.34. The van der Waals surface area contributed by atoms with Gasteiger partial charge in [-0.1, -0.05) is 53.6 Å². The maximum atomic E-state index is 12.8. The average Bonchev–Trinajstić information content (AvgIpc) is 3.35. The van der Waals surface area contributed by atoms with Gasteiger partial charge in [0.2, 0.25) is 0 Å². The normalized spacial score (nSPS) is 12.1. The van der Waals surface area contributed by atoms with Crippen LogP contribution in [0.2, 0.25) is 0 Å². The number of aromatic nitrogens is 1. The number of hydrogen-bond donors (Lipinski definition) is 1. The Kier molecular flexibility index (Phi) is 7.23. The molecular formula is C26H21F3N2O5. The molecule has 4 aromatic rings. The highest BCUT2D eigenvalue weighted by Crippen LogP contribution is 2.31. The molecular weight excluding hydrogens is 477 g/mol. The summed E-state index contributed by atoms with van der Waals surface area (Å²) in [5.74, 6) is -0.592. The third kappa shape index (κ3) is 5.65. The number of hydrogen-bond acceptors (Lipinski definition) is 6. The molecule has 1 aromatic heterocycles. The van der Waals surface area contributed by atoms with E-state index in [1.807, 2.05) is 6.92 Å². The Morgan fingerprint density at radius 3 is 2.53 bits per heavy atom. The lowest BCUT2D eigenvalue weighted by Gasteiger charge is -2.10. The summed E-state index contributed by atoms with van der Waals surface area (Å²) < 4.78 is 49.8. The van der Waals surface area contributed by atoms with Crippen molar-refractivity contribution in [3.63, 3.8) is 0 Å². The van der Waals surface area contributed by atoms with Gasteiger partial charge in [-0.15, -0.1) is 0 Å². The van der Waals surface area contributed by atoms with E-state index in [1.165, 1.54) is 24.3 Å². The van der Waals surface area contributed by atoms with E-state index < -0.39 is 17.7 Å². The van der Waals surface area contributed by atoms with E-state index in [-0.39, 0.29) is 23.6 Å². The van der Waals surface area contributed by atoms with Crippen LogP contribution in [0.1, 0.15) is 35.0 Å². The van der Waals surface area contributed by atoms with E-state index in [2.05, 4.69) is 10.3 Å². The van der Waals surface area contributed by atoms with Crippen LogP contribution >= 0.6 is 0 Å². The van der Waals surface area contributed by atoms with Crippen molar-refractivity contribution in [1.29, 1.82) is 0 Å². The smallest absolute Gasteiger partial charge is 0.416 e. The first-order valence-corrected chi connectivity index (χ1v) is 11.0. The summed E-state index contributed by atoms with van der Waals surface area (Å²) in [5.41, 5.74) is 0.288. The number of carboxylic acids is 1. The second-order valence-electron chi connectivity index (χ2n) is 7.81. The van der Waals surface area contributed by atoms with Crippen molar-refractivity contribution >= 4 is 22.5 Å². The van der Waals surface area contributed by atoms with Gasteiger partial charge >= 0.3 is 12.1 Å². The molecule has 3 aromatic carbocycles. The van der Waals surface area contributed by atoms with Gasteiger partial charge in [-0.05, 0) is 41.5 Å². The summed E-state index contributed by atoms with van der Waals surface area (Å²) in [4.78, 5) is 17.0. The summed E-state index contributed by atoms with van der Waals surface area (Å²) >= 11 is 0. The predicted molar refractivity (Wildman–Crippen MR) is 126 cm³/mol. The highest BCUT2D eigenvalue weighted by molar-refractivity contribution is 6.04. The summed E-state index contributed by atoms with van der Waals surface area (Å²) in [5, 5.41) is 18.9. The minimum absolute atomic E-state index is 0.0908. The molecule has 36 heavy (non-hydrogen) atoms. The molecule has 0 saturated carbocycles. The van der Waals surface area contributed by atoms with Crippen LogP contribution in [0.3, 0.4) is 0 Å². The van der Waals surface area contributed by atoms with Crippen molar-refractivity contribution in [3.05, 3.63) is 83.6 Å². The van der Waals surface area contributed by atoms with E-state index in [0.29, 0.717) is 40.8 Å². The van der Waals surface area contributed by atoms with Crippen LogP contribution in [0.4, 0.5) is 13.2 Å². The van der Waals surface area contributed by atoms with Gasteiger partial charge in [0.1, 0.15) is 24.7 Å². The van der Waals surface area contributed by atoms with Crippen LogP contribution in [0.15, 0.2) is 76.4 Å². The van der Waals surface area contributed by atoms with Crippen LogP contribution in [0.25, 0.3) is 22.0 Å². The Bertz CT molecular complexity index is 1390. The van der Waals surface area contributed by atoms with Crippen molar-refractivity contribution in [1.82, 2.24) is 5.16 Å². The molecule has 0 aliphatic carbocycles. The van der Waals surface area contributed by atoms with Gasteiger partial charge in [0.05, 0.1) is 11.1 Å². The number of fused-ring (bicyclic) bond motifs is 1. The lowest BCUT2D eigenvalue weighted by atomic mass is 10.0. The molecule has 0 aliphatic rings. The number of rotatable bonds is 9. The summed E-state index contributed by atoms with van der Waals surface area (Å²) in [6, 6.07) is 16.2. The van der Waals surface area contributed by atoms with Gasteiger partial charge in [0, 0.05) is 11.6 Å². The average molecular weight is 498 g/mol. The largest absolute Gasteiger partial charge is 0.487 e. The van der Waals surface area contributed by atoms with Crippen LogP contribution < -0.4 is 4.74 Å². The molecule has 0 unspecified atom stereocenters. The molecule has 0 spiro atoms. The fourth-order valence-corrected chi connectivity index (χ4v) is 3.43. The van der Waals surface area contributed by atoms with Gasteiger partial charge in [-0.3, -0.25) is 0 Å². The second-order valence-corrected chi connectivity index (χ2v) is 7.81. The van der Waals surface area contributed by atoms with E-state index in [0.717, 1.165) is 12.1 Å². The monoisotopic (exact) mass is 498 g/mol. The molecule has 0 bridgehead atoms. The van der Waals surface area contributed by atoms with Gasteiger partial charge in [-0.25, -0.2) is 4.79 Å². The van der Waals surface area contributed by atoms with E-state index in [4.69, 9.17) is 14.1 Å². The number of nitrogens with zero attached hydrogens (tertiary/aromatic N) is 2. The SMILES string of the molecule is CCCON=C(COc1cc(C(=O)O)c2ccccc2c1)c1cc(-c2ccc(C(F)(F)F)cc2)no1. The van der Waals surface area contributed by atoms with E-state index in [1.54, 1.807) is 30.3 Å². The number of ether oxygens (including phenoxy) is 1. The van der Waals surface area contributed by atoms with Crippen molar-refractivity contribution in [2.75, 3.05) is 13.2 Å². The fraction of sp³-hybridized carbons (Fsp3) is 0.192. The number of halogens is 3. The van der Waals surface area contributed by atoms with Crippen LogP contribution in [0.5, 0.6) is 5.75 Å². The molecule has 4 rings (SSSR count). The standard InChI is InChI=1S/C26H21F3N2O5/c1-2-11-35-30-23(15-34-19-12-17-5-3-4-6-20(17)21(13-19)25(32)33)24-14-22(31-36-24)16-7-9-18(10-8-16)26(27,28)29/h3-10,12-14H,2,11,15H2,1H3,(H,32,33). The first-order chi connectivity index (χ1) is 17.3. The molecule has 0 fully saturated rings. The lowest BCUT2D eigenvalue weighted by molar-refractivity contribution is -0.137. The van der Waals surface area contributed by atoms with Crippen LogP contribution in [0, 0.1) is 0 Å². The Morgan fingerprint density at radius 2 is 1.83 bits per heavy atom. The maximum absolute atomic E-state index is 12.8. The molecule has 186 valence electrons. The summed E-state index contributed by atoms with van der Waals surface area (Å²) in [7, 11) is 0. The van der Waals surface area contributed by atoms with Crippen LogP contribution in [-0.4, -0.2) is 35.2 Å². The number of carboxylic acid groups (broad SMARTS) is 1. The van der Waals surface area contributed by atoms with Gasteiger partial charge in [-0.2, -0.15) is 13.2 Å². The zero-order valence-corrected chi connectivity index (χ0v) is 19.1. The first-order valence-electron chi connectivity index (χ1n) is 11.0. The highest BCUT2D eigenvalue weighted by Gasteiger charge is 2.30. The summed E-state index contributed by atoms with van der Waals surface area (Å²) in [6.07, 6.45) is -3.73. The van der Waals surface area contributed by atoms with Crippen molar-refractivity contribution in [2.24, 2.45) is 5.16 Å². The molecule has 0 amide bonds. The molecule has 1 heterocycles. The molecule has 0 aliphatic heterocycles. The molecule has 0 atom stereocenters. The first kappa shape index (κ1) is 24.8. The number of carbonyl (C=O) groups is 1. The second kappa shape index (κ2) is 10.5. The fourth-order valence-electron chi connectivity index (χ4n) is 3.43. The van der Waals surface area contributed by atoms with E-state index >= 15 is 0 Å². The molecule has 1 N–H and O–H groups in total. The molecule has 10 heteroatoms. The quantitative estimate of drug-likeness (QED) is 0.163. The third-order valence-electron chi connectivity index (χ3n) is 5.21. The van der Waals surface area contributed by atoms with Gasteiger partial charge < -0.3 is 19.2 Å². The number of benzene rings is 3. The van der Waals surface area contributed by atoms with Crippen molar-refractivity contribution in [3.8, 4) is 17.0 Å². The van der Waals surface area contributed by atoms with Crippen molar-refractivity contribution in [2.45, 2.75) is 19.5 Å². The Labute approximate surface area is 203 Å². The minimum Gasteiger partial charge on any atom is -0.487 e. The molecule has 0 radical (unpaired) electrons. The van der Waals surface area contributed by atoms with Gasteiger partial charge in [0.15, 0.2) is 11.5 Å². The highest BCUT2D eigenvalue weighted by atomic mass is 19.4.